The van der Waals surface area contributed by atoms with Crippen LogP contribution in [-0.2, 0) is 19.4 Å². The summed E-state index contributed by atoms with van der Waals surface area (Å²) in [6, 6.07) is 14.4. The van der Waals surface area contributed by atoms with Gasteiger partial charge in [-0.15, -0.1) is 0 Å². The maximum absolute atomic E-state index is 4.87. The molecule has 154 valence electrons. The van der Waals surface area contributed by atoms with Crippen LogP contribution < -0.4 is 10.6 Å². The van der Waals surface area contributed by atoms with Gasteiger partial charge >= 0.3 is 0 Å². The lowest BCUT2D eigenvalue weighted by atomic mass is 9.88. The lowest BCUT2D eigenvalue weighted by Gasteiger charge is -2.40. The molecule has 0 unspecified atom stereocenters. The van der Waals surface area contributed by atoms with Gasteiger partial charge in [0.05, 0.1) is 11.7 Å². The van der Waals surface area contributed by atoms with Crippen molar-refractivity contribution in [3.05, 3.63) is 65.0 Å². The molecule has 1 aliphatic carbocycles. The van der Waals surface area contributed by atoms with Crippen LogP contribution in [0.2, 0.25) is 0 Å². The molecular formula is C25H34N4. The van der Waals surface area contributed by atoms with Gasteiger partial charge in [0, 0.05) is 31.9 Å². The Morgan fingerprint density at radius 2 is 1.76 bits per heavy atom. The van der Waals surface area contributed by atoms with E-state index in [1.807, 2.05) is 6.20 Å². The van der Waals surface area contributed by atoms with Crippen molar-refractivity contribution < 1.29 is 0 Å². The van der Waals surface area contributed by atoms with Gasteiger partial charge in [0.1, 0.15) is 0 Å². The van der Waals surface area contributed by atoms with Crippen LogP contribution in [0.15, 0.2) is 42.6 Å². The van der Waals surface area contributed by atoms with Gasteiger partial charge < -0.3 is 10.6 Å². The molecule has 3 heterocycles. The van der Waals surface area contributed by atoms with Crippen molar-refractivity contribution in [2.24, 2.45) is 5.92 Å². The van der Waals surface area contributed by atoms with Crippen molar-refractivity contribution in [2.75, 3.05) is 26.2 Å². The molecule has 0 saturated carbocycles. The Labute approximate surface area is 175 Å². The molecule has 0 amide bonds. The fourth-order valence-electron chi connectivity index (χ4n) is 5.60. The second kappa shape index (κ2) is 8.95. The number of hydrogen-bond acceptors (Lipinski definition) is 4. The first-order valence-corrected chi connectivity index (χ1v) is 11.6. The van der Waals surface area contributed by atoms with Gasteiger partial charge in [-0.1, -0.05) is 30.3 Å². The number of pyridine rings is 1. The summed E-state index contributed by atoms with van der Waals surface area (Å²) < 4.78 is 0. The Morgan fingerprint density at radius 3 is 2.66 bits per heavy atom. The summed E-state index contributed by atoms with van der Waals surface area (Å²) >= 11 is 0. The van der Waals surface area contributed by atoms with Crippen molar-refractivity contribution in [2.45, 2.75) is 57.2 Å². The number of nitrogens with zero attached hydrogens (tertiary/aromatic N) is 2. The molecule has 2 N–H and O–H groups in total. The molecular weight excluding hydrogens is 356 g/mol. The summed E-state index contributed by atoms with van der Waals surface area (Å²) in [4.78, 5) is 7.67. The molecule has 3 aliphatic rings. The van der Waals surface area contributed by atoms with Gasteiger partial charge in [-0.3, -0.25) is 9.88 Å². The van der Waals surface area contributed by atoms with Gasteiger partial charge in [-0.05, 0) is 80.3 Å². The molecule has 0 spiro atoms. The summed E-state index contributed by atoms with van der Waals surface area (Å²) in [7, 11) is 0. The highest BCUT2D eigenvalue weighted by atomic mass is 15.2. The Balaban J connectivity index is 1.36. The average molecular weight is 391 g/mol. The highest BCUT2D eigenvalue weighted by Crippen LogP contribution is 2.34. The topological polar surface area (TPSA) is 40.2 Å². The molecule has 1 aromatic heterocycles. The molecule has 2 aromatic rings. The monoisotopic (exact) mass is 390 g/mol. The van der Waals surface area contributed by atoms with Crippen LogP contribution in [0.1, 0.15) is 54.1 Å². The minimum atomic E-state index is 0.480. The highest BCUT2D eigenvalue weighted by molar-refractivity contribution is 5.30. The number of nitrogens with one attached hydrogen (secondary N) is 2. The molecule has 0 radical (unpaired) electrons. The third-order valence-corrected chi connectivity index (χ3v) is 7.18. The quantitative estimate of drug-likeness (QED) is 0.820. The third kappa shape index (κ3) is 4.40. The molecule has 1 aromatic carbocycles. The van der Waals surface area contributed by atoms with Crippen molar-refractivity contribution in [3.63, 3.8) is 0 Å². The second-order valence-electron chi connectivity index (χ2n) is 9.15. The van der Waals surface area contributed by atoms with Crippen molar-refractivity contribution in [1.29, 1.82) is 0 Å². The van der Waals surface area contributed by atoms with Crippen molar-refractivity contribution in [1.82, 2.24) is 20.5 Å². The molecule has 4 nitrogen and oxygen atoms in total. The molecule has 2 aliphatic heterocycles. The second-order valence-corrected chi connectivity index (χ2v) is 9.15. The van der Waals surface area contributed by atoms with Crippen LogP contribution in [0, 0.1) is 5.92 Å². The summed E-state index contributed by atoms with van der Waals surface area (Å²) in [6.07, 6.45) is 9.47. The van der Waals surface area contributed by atoms with E-state index in [1.165, 1.54) is 74.1 Å². The van der Waals surface area contributed by atoms with Gasteiger partial charge in [-0.2, -0.15) is 0 Å². The fourth-order valence-corrected chi connectivity index (χ4v) is 5.60. The van der Waals surface area contributed by atoms with Crippen LogP contribution in [-0.4, -0.2) is 42.1 Å². The van der Waals surface area contributed by atoms with Crippen molar-refractivity contribution in [3.8, 4) is 0 Å². The summed E-state index contributed by atoms with van der Waals surface area (Å²) in [5.74, 6) is 0.807. The summed E-state index contributed by atoms with van der Waals surface area (Å²) in [5, 5.41) is 7.36. The first-order chi connectivity index (χ1) is 14.4. The van der Waals surface area contributed by atoms with Gasteiger partial charge in [0.15, 0.2) is 0 Å². The fraction of sp³-hybridized carbons (Fsp3) is 0.560. The maximum atomic E-state index is 4.87. The zero-order valence-corrected chi connectivity index (χ0v) is 17.4. The number of aromatic nitrogens is 1. The molecule has 29 heavy (non-hydrogen) atoms. The minimum Gasteiger partial charge on any atom is -0.317 e. The third-order valence-electron chi connectivity index (χ3n) is 7.18. The van der Waals surface area contributed by atoms with Crippen LogP contribution in [0.25, 0.3) is 0 Å². The van der Waals surface area contributed by atoms with Gasteiger partial charge in [0.2, 0.25) is 0 Å². The van der Waals surface area contributed by atoms with E-state index in [4.69, 9.17) is 4.98 Å². The smallest absolute Gasteiger partial charge is 0.0607 e. The van der Waals surface area contributed by atoms with E-state index in [-0.39, 0.29) is 0 Å². The largest absolute Gasteiger partial charge is 0.317 e. The van der Waals surface area contributed by atoms with E-state index in [9.17, 15) is 0 Å². The van der Waals surface area contributed by atoms with Gasteiger partial charge in [0.25, 0.3) is 0 Å². The Hall–Kier alpha value is -1.75. The Morgan fingerprint density at radius 1 is 0.931 bits per heavy atom. The van der Waals surface area contributed by atoms with E-state index in [2.05, 4.69) is 51.9 Å². The van der Waals surface area contributed by atoms with Crippen LogP contribution >= 0.6 is 0 Å². The SMILES string of the molecule is c1ccc2c(c1)CN[C@@H](CN(CC1CCNCC1)[C@H]1CCCc3cccnc31)C2. The molecule has 1 fully saturated rings. The minimum absolute atomic E-state index is 0.480. The first-order valence-electron chi connectivity index (χ1n) is 11.6. The average Bonchev–Trinajstić information content (AvgIpc) is 2.79. The summed E-state index contributed by atoms with van der Waals surface area (Å²) in [5.41, 5.74) is 5.82. The van der Waals surface area contributed by atoms with E-state index in [1.54, 1.807) is 0 Å². The standard InChI is InChI=1S/C25H34N4/c1-2-6-22-16-28-23(15-21(22)5-1)18-29(17-19-10-13-26-14-11-19)24-9-3-7-20-8-4-12-27-25(20)24/h1-2,4-6,8,12,19,23-24,26,28H,3,7,9-11,13-18H2/t23-,24+/m1/s1. The van der Waals surface area contributed by atoms with E-state index in [0.29, 0.717) is 12.1 Å². The van der Waals surface area contributed by atoms with Gasteiger partial charge in [-0.25, -0.2) is 0 Å². The Bertz CT molecular complexity index is 814. The number of benzene rings is 1. The van der Waals surface area contributed by atoms with E-state index >= 15 is 0 Å². The first kappa shape index (κ1) is 19.2. The Kier molecular flexibility index (Phi) is 5.93. The molecule has 4 heteroatoms. The van der Waals surface area contributed by atoms with E-state index < -0.39 is 0 Å². The van der Waals surface area contributed by atoms with E-state index in [0.717, 1.165) is 25.4 Å². The molecule has 2 atom stereocenters. The lowest BCUT2D eigenvalue weighted by Crippen LogP contribution is -2.48. The molecule has 5 rings (SSSR count). The zero-order chi connectivity index (χ0) is 19.5. The zero-order valence-electron chi connectivity index (χ0n) is 17.4. The van der Waals surface area contributed by atoms with Crippen LogP contribution in [0.3, 0.4) is 0 Å². The molecule has 0 bridgehead atoms. The number of piperidine rings is 1. The predicted octanol–water partition coefficient (Wildman–Crippen LogP) is 3.48. The van der Waals surface area contributed by atoms with Crippen LogP contribution in [0.5, 0.6) is 0 Å². The number of hydrogen-bond donors (Lipinski definition) is 2. The maximum Gasteiger partial charge on any atom is 0.0607 e. The number of aryl methyl sites for hydroxylation is 1. The normalized spacial score (nSPS) is 24.9. The molecule has 1 saturated heterocycles. The highest BCUT2D eigenvalue weighted by Gasteiger charge is 2.31. The van der Waals surface area contributed by atoms with Crippen molar-refractivity contribution >= 4 is 0 Å². The van der Waals surface area contributed by atoms with Crippen LogP contribution in [0.4, 0.5) is 0 Å². The summed E-state index contributed by atoms with van der Waals surface area (Å²) in [6.45, 7) is 5.68. The number of fused-ring (bicyclic) bond motifs is 2. The number of rotatable bonds is 5. The predicted molar refractivity (Wildman–Crippen MR) is 118 cm³/mol. The lowest BCUT2D eigenvalue weighted by molar-refractivity contribution is 0.120.